The highest BCUT2D eigenvalue weighted by Crippen LogP contribution is 2.41. The lowest BCUT2D eigenvalue weighted by Gasteiger charge is -2.30. The Balaban J connectivity index is 1.60. The van der Waals surface area contributed by atoms with Gasteiger partial charge >= 0.3 is 5.69 Å². The lowest BCUT2D eigenvalue weighted by atomic mass is 9.83. The average molecular weight is 512 g/mol. The molecule has 4 aromatic rings. The van der Waals surface area contributed by atoms with Crippen molar-refractivity contribution in [1.29, 1.82) is 0 Å². The molecule has 0 radical (unpaired) electrons. The van der Waals surface area contributed by atoms with Crippen LogP contribution in [0, 0.1) is 10.1 Å². The second-order valence-corrected chi connectivity index (χ2v) is 9.88. The molecular formula is C28H21N3O5S. The first kappa shape index (κ1) is 22.9. The lowest BCUT2D eigenvalue weighted by molar-refractivity contribution is -0.386. The summed E-state index contributed by atoms with van der Waals surface area (Å²) in [6, 6.07) is 20.5. The zero-order chi connectivity index (χ0) is 25.7. The third-order valence-corrected chi connectivity index (χ3v) is 7.76. The van der Waals surface area contributed by atoms with E-state index in [1.54, 1.807) is 10.6 Å². The van der Waals surface area contributed by atoms with Crippen molar-refractivity contribution in [3.05, 3.63) is 124 Å². The van der Waals surface area contributed by atoms with E-state index < -0.39 is 16.4 Å². The van der Waals surface area contributed by atoms with E-state index in [1.165, 1.54) is 36.1 Å². The number of phenolic OH excluding ortho intramolecular Hbond substituents is 1. The molecule has 8 nitrogen and oxygen atoms in total. The van der Waals surface area contributed by atoms with Gasteiger partial charge in [-0.2, -0.15) is 0 Å². The molecule has 2 aliphatic rings. The summed E-state index contributed by atoms with van der Waals surface area (Å²) >= 11 is 1.24. The summed E-state index contributed by atoms with van der Waals surface area (Å²) in [5.74, 6) is -0.594. The highest BCUT2D eigenvalue weighted by atomic mass is 32.1. The number of aryl methyl sites for hydroxylation is 1. The molecule has 1 aliphatic heterocycles. The van der Waals surface area contributed by atoms with Crippen molar-refractivity contribution in [2.24, 2.45) is 4.99 Å². The fourth-order valence-corrected chi connectivity index (χ4v) is 6.10. The minimum Gasteiger partial charge on any atom is -0.500 e. The Bertz CT molecular complexity index is 1790. The fraction of sp³-hybridized carbons (Fsp3) is 0.143. The molecule has 1 N–H and O–H groups in total. The number of fused-ring (bicyclic) bond motifs is 3. The zero-order valence-electron chi connectivity index (χ0n) is 19.7. The van der Waals surface area contributed by atoms with Crippen molar-refractivity contribution >= 4 is 28.8 Å². The molecule has 0 saturated heterocycles. The number of nitrogens with zero attached hydrogens (tertiary/aromatic N) is 3. The Labute approximate surface area is 214 Å². The van der Waals surface area contributed by atoms with Gasteiger partial charge in [-0.25, -0.2) is 4.99 Å². The Morgan fingerprint density at radius 1 is 1.14 bits per heavy atom. The number of benzene rings is 3. The molecule has 0 bridgehead atoms. The number of hydrogen-bond donors (Lipinski definition) is 1. The number of hydrogen-bond acceptors (Lipinski definition) is 7. The van der Waals surface area contributed by atoms with Gasteiger partial charge in [0.1, 0.15) is 0 Å². The zero-order valence-corrected chi connectivity index (χ0v) is 20.6. The summed E-state index contributed by atoms with van der Waals surface area (Å²) in [4.78, 5) is 30.1. The molecule has 0 spiro atoms. The minimum absolute atomic E-state index is 0.0394. The Hall–Kier alpha value is -4.50. The van der Waals surface area contributed by atoms with E-state index in [4.69, 9.17) is 9.73 Å². The van der Waals surface area contributed by atoms with E-state index >= 15 is 0 Å². The van der Waals surface area contributed by atoms with E-state index in [0.29, 0.717) is 14.9 Å². The summed E-state index contributed by atoms with van der Waals surface area (Å²) in [6.07, 6.45) is 3.24. The van der Waals surface area contributed by atoms with Crippen LogP contribution in [-0.4, -0.2) is 21.7 Å². The van der Waals surface area contributed by atoms with Crippen molar-refractivity contribution in [1.82, 2.24) is 4.57 Å². The lowest BCUT2D eigenvalue weighted by Crippen LogP contribution is -2.38. The molecule has 1 aromatic heterocycles. The minimum atomic E-state index is -0.683. The number of methoxy groups -OCH3 is 1. The molecule has 37 heavy (non-hydrogen) atoms. The van der Waals surface area contributed by atoms with E-state index in [9.17, 15) is 20.0 Å². The third kappa shape index (κ3) is 3.75. The van der Waals surface area contributed by atoms with E-state index in [1.807, 2.05) is 42.5 Å². The second kappa shape index (κ2) is 8.86. The molecule has 0 fully saturated rings. The predicted molar refractivity (Wildman–Crippen MR) is 141 cm³/mol. The first-order chi connectivity index (χ1) is 18.0. The van der Waals surface area contributed by atoms with Gasteiger partial charge < -0.3 is 9.84 Å². The topological polar surface area (TPSA) is 107 Å². The van der Waals surface area contributed by atoms with Gasteiger partial charge in [0.05, 0.1) is 28.3 Å². The number of nitro benzene ring substituents is 1. The van der Waals surface area contributed by atoms with Crippen LogP contribution < -0.4 is 19.6 Å². The van der Waals surface area contributed by atoms with Crippen molar-refractivity contribution < 1.29 is 14.8 Å². The fourth-order valence-electron chi connectivity index (χ4n) is 5.10. The summed E-state index contributed by atoms with van der Waals surface area (Å²) in [7, 11) is 1.32. The number of thiazole rings is 1. The molecule has 1 aliphatic carbocycles. The summed E-state index contributed by atoms with van der Waals surface area (Å²) in [5.41, 5.74) is 4.98. The SMILES string of the molecule is COc1cc(C=c2sc3n(c2=O)C(c2ccccc2)C2=C(N=3)c3ccccc3CC2)cc([N+](=O)[O-])c1O. The average Bonchev–Trinajstić information content (AvgIpc) is 3.22. The molecule has 184 valence electrons. The van der Waals surface area contributed by atoms with Crippen LogP contribution in [-0.2, 0) is 6.42 Å². The van der Waals surface area contributed by atoms with Crippen LogP contribution in [0.2, 0.25) is 0 Å². The van der Waals surface area contributed by atoms with Gasteiger partial charge in [0.25, 0.3) is 5.56 Å². The largest absolute Gasteiger partial charge is 0.500 e. The van der Waals surface area contributed by atoms with Gasteiger partial charge in [-0.05, 0) is 47.2 Å². The number of allylic oxidation sites excluding steroid dienone is 1. The molecular weight excluding hydrogens is 490 g/mol. The number of ether oxygens (including phenoxy) is 1. The summed E-state index contributed by atoms with van der Waals surface area (Å²) in [6.45, 7) is 0. The van der Waals surface area contributed by atoms with Crippen LogP contribution in [0.25, 0.3) is 11.8 Å². The molecule has 3 aromatic carbocycles. The van der Waals surface area contributed by atoms with Gasteiger partial charge in [0.2, 0.25) is 5.75 Å². The monoisotopic (exact) mass is 511 g/mol. The third-order valence-electron chi connectivity index (χ3n) is 6.78. The van der Waals surface area contributed by atoms with Crippen molar-refractivity contribution in [3.63, 3.8) is 0 Å². The van der Waals surface area contributed by atoms with E-state index in [0.717, 1.165) is 35.2 Å². The van der Waals surface area contributed by atoms with Crippen LogP contribution >= 0.6 is 11.3 Å². The first-order valence-corrected chi connectivity index (χ1v) is 12.5. The second-order valence-electron chi connectivity index (χ2n) is 8.87. The van der Waals surface area contributed by atoms with Crippen molar-refractivity contribution in [3.8, 4) is 11.5 Å². The van der Waals surface area contributed by atoms with E-state index in [2.05, 4.69) is 12.1 Å². The highest BCUT2D eigenvalue weighted by molar-refractivity contribution is 7.07. The summed E-state index contributed by atoms with van der Waals surface area (Å²) < 4.78 is 7.23. The Morgan fingerprint density at radius 3 is 2.65 bits per heavy atom. The molecule has 2 heterocycles. The van der Waals surface area contributed by atoms with E-state index in [-0.39, 0.29) is 17.4 Å². The molecule has 0 amide bonds. The maximum atomic E-state index is 13.8. The number of nitro groups is 1. The van der Waals surface area contributed by atoms with Crippen LogP contribution in [0.15, 0.2) is 82.1 Å². The number of phenols is 1. The number of aromatic nitrogens is 1. The maximum Gasteiger partial charge on any atom is 0.315 e. The number of rotatable bonds is 4. The Kier molecular flexibility index (Phi) is 5.49. The smallest absolute Gasteiger partial charge is 0.315 e. The van der Waals surface area contributed by atoms with Gasteiger partial charge in [0, 0.05) is 11.6 Å². The van der Waals surface area contributed by atoms with Gasteiger partial charge in [0.15, 0.2) is 10.6 Å². The van der Waals surface area contributed by atoms with Crippen LogP contribution in [0.5, 0.6) is 11.5 Å². The number of aromatic hydroxyl groups is 1. The van der Waals surface area contributed by atoms with Gasteiger partial charge in [-0.15, -0.1) is 0 Å². The van der Waals surface area contributed by atoms with Crippen LogP contribution in [0.3, 0.4) is 0 Å². The molecule has 6 rings (SSSR count). The molecule has 0 saturated carbocycles. The molecule has 9 heteroatoms. The molecule has 1 atom stereocenters. The highest BCUT2D eigenvalue weighted by Gasteiger charge is 2.32. The van der Waals surface area contributed by atoms with Crippen molar-refractivity contribution in [2.75, 3.05) is 7.11 Å². The normalized spacial score (nSPS) is 16.5. The van der Waals surface area contributed by atoms with Gasteiger partial charge in [-0.3, -0.25) is 19.5 Å². The van der Waals surface area contributed by atoms with Crippen molar-refractivity contribution in [2.45, 2.75) is 18.9 Å². The summed E-state index contributed by atoms with van der Waals surface area (Å²) in [5, 5.41) is 21.6. The first-order valence-electron chi connectivity index (χ1n) is 11.7. The Morgan fingerprint density at radius 2 is 1.89 bits per heavy atom. The predicted octanol–water partition coefficient (Wildman–Crippen LogP) is 3.94. The van der Waals surface area contributed by atoms with Crippen LogP contribution in [0.1, 0.15) is 34.7 Å². The quantitative estimate of drug-likeness (QED) is 0.330. The maximum absolute atomic E-state index is 13.8. The standard InChI is InChI=1S/C28H21N3O5S/c1-36-22-14-16(13-21(26(22)32)31(34)35)15-23-27(33)30-25(18-8-3-2-4-9-18)20-12-11-17-7-5-6-10-19(17)24(20)29-28(30)37-23/h2-10,13-15,25,32H,11-12H2,1H3. The van der Waals surface area contributed by atoms with Crippen LogP contribution in [0.4, 0.5) is 5.69 Å². The van der Waals surface area contributed by atoms with Gasteiger partial charge in [-0.1, -0.05) is 65.9 Å². The molecule has 1 unspecified atom stereocenters.